The molecular weight excluding hydrogens is 537 g/mol. The number of rotatable bonds is 9. The summed E-state index contributed by atoms with van der Waals surface area (Å²) < 4.78 is 34.3. The minimum absolute atomic E-state index is 0.0303. The lowest BCUT2D eigenvalue weighted by Gasteiger charge is -2.27. The molecule has 2 aromatic heterocycles. The van der Waals surface area contributed by atoms with Crippen molar-refractivity contribution < 1.29 is 48.0 Å². The van der Waals surface area contributed by atoms with E-state index in [-0.39, 0.29) is 29.5 Å². The summed E-state index contributed by atoms with van der Waals surface area (Å²) in [4.78, 5) is 47.5. The van der Waals surface area contributed by atoms with Gasteiger partial charge in [-0.2, -0.15) is 0 Å². The van der Waals surface area contributed by atoms with Gasteiger partial charge in [-0.05, 0) is 18.1 Å². The van der Waals surface area contributed by atoms with Gasteiger partial charge < -0.3 is 39.2 Å². The van der Waals surface area contributed by atoms with E-state index in [9.17, 15) is 29.3 Å². The number of fused-ring (bicyclic) bond motifs is 1. The van der Waals surface area contributed by atoms with E-state index in [1.165, 1.54) is 10.9 Å². The van der Waals surface area contributed by atoms with Gasteiger partial charge in [0.15, 0.2) is 23.2 Å². The van der Waals surface area contributed by atoms with Crippen molar-refractivity contribution in [3.8, 4) is 0 Å². The lowest BCUT2D eigenvalue weighted by Crippen LogP contribution is -2.41. The minimum Gasteiger partial charge on any atom is -0.434 e. The average Bonchev–Trinajstić information content (AvgIpc) is 3.47. The molecule has 3 aromatic rings. The molecule has 4 rings (SSSR count). The van der Waals surface area contributed by atoms with Gasteiger partial charge >= 0.3 is 13.8 Å². The third kappa shape index (κ3) is 6.08. The zero-order valence-corrected chi connectivity index (χ0v) is 22.0. The number of ether oxygens (including phenoxy) is 3. The minimum atomic E-state index is -4.72. The standard InChI is InChI=1S/C23H28N5O10P/c1-12(2)9-36-23(32)38-22(39(33,34)35-3)17-15(29)16(30)21(37-17)28-11-26-14-18(24-10-25-19(14)28)27-20(31)13-7-5-4-6-8-13/h4-8,10-12,15-17,21-22,29-30H,9H2,1-3H3,(H,33,34)(H,24,25,27,31)/t15-,16+,17-,21+,22-/m0/s1. The maximum absolute atomic E-state index is 12.7. The van der Waals surface area contributed by atoms with E-state index in [1.54, 1.807) is 44.2 Å². The van der Waals surface area contributed by atoms with E-state index in [0.717, 1.165) is 13.4 Å². The predicted molar refractivity (Wildman–Crippen MR) is 134 cm³/mol. The molecule has 16 heteroatoms. The van der Waals surface area contributed by atoms with Gasteiger partial charge in [-0.1, -0.05) is 32.0 Å². The van der Waals surface area contributed by atoms with Crippen LogP contribution in [0.5, 0.6) is 0 Å². The number of nitrogens with one attached hydrogen (secondary N) is 1. The van der Waals surface area contributed by atoms with Crippen molar-refractivity contribution >= 4 is 36.6 Å². The number of hydrogen-bond acceptors (Lipinski definition) is 12. The van der Waals surface area contributed by atoms with Gasteiger partial charge in [-0.15, -0.1) is 0 Å². The van der Waals surface area contributed by atoms with Crippen molar-refractivity contribution in [2.75, 3.05) is 19.0 Å². The summed E-state index contributed by atoms with van der Waals surface area (Å²) in [7, 11) is -3.81. The molecule has 1 saturated heterocycles. The second kappa shape index (κ2) is 11.7. The maximum atomic E-state index is 12.7. The Labute approximate surface area is 222 Å². The monoisotopic (exact) mass is 565 g/mol. The number of benzene rings is 1. The van der Waals surface area contributed by atoms with Gasteiger partial charge in [-0.3, -0.25) is 13.9 Å². The van der Waals surface area contributed by atoms with Gasteiger partial charge in [0.05, 0.1) is 12.9 Å². The van der Waals surface area contributed by atoms with Gasteiger partial charge in [0, 0.05) is 12.7 Å². The number of anilines is 1. The summed E-state index contributed by atoms with van der Waals surface area (Å²) in [5.74, 6) is -2.45. The fourth-order valence-electron chi connectivity index (χ4n) is 3.84. The second-order valence-corrected chi connectivity index (χ2v) is 11.1. The van der Waals surface area contributed by atoms with Crippen LogP contribution in [0.4, 0.5) is 10.6 Å². The smallest absolute Gasteiger partial charge is 0.434 e. The number of nitrogens with zero attached hydrogens (tertiary/aromatic N) is 4. The Morgan fingerprint density at radius 3 is 2.54 bits per heavy atom. The van der Waals surface area contributed by atoms with Crippen LogP contribution in [-0.4, -0.2) is 84.6 Å². The van der Waals surface area contributed by atoms with Crippen molar-refractivity contribution in [1.82, 2.24) is 19.5 Å². The maximum Gasteiger partial charge on any atom is 0.509 e. The molecule has 0 aliphatic carbocycles. The molecule has 1 fully saturated rings. The van der Waals surface area contributed by atoms with Gasteiger partial charge in [0.1, 0.15) is 24.6 Å². The summed E-state index contributed by atoms with van der Waals surface area (Å²) in [5, 5.41) is 24.2. The molecule has 4 N–H and O–H groups in total. The largest absolute Gasteiger partial charge is 0.509 e. The summed E-state index contributed by atoms with van der Waals surface area (Å²) in [6, 6.07) is 8.41. The number of aliphatic hydroxyl groups excluding tert-OH is 2. The van der Waals surface area contributed by atoms with Crippen molar-refractivity contribution in [2.45, 2.75) is 44.2 Å². The number of carbonyl (C=O) groups excluding carboxylic acids is 2. The highest BCUT2D eigenvalue weighted by Crippen LogP contribution is 2.52. The fourth-order valence-corrected chi connectivity index (χ4v) is 4.89. The summed E-state index contributed by atoms with van der Waals surface area (Å²) in [6.45, 7) is 3.52. The highest BCUT2D eigenvalue weighted by Gasteiger charge is 2.55. The molecule has 39 heavy (non-hydrogen) atoms. The molecule has 3 heterocycles. The highest BCUT2D eigenvalue weighted by atomic mass is 31.2. The number of imidazole rings is 1. The van der Waals surface area contributed by atoms with E-state index in [4.69, 9.17) is 14.2 Å². The van der Waals surface area contributed by atoms with Crippen LogP contribution >= 0.6 is 7.60 Å². The van der Waals surface area contributed by atoms with E-state index >= 15 is 0 Å². The average molecular weight is 565 g/mol. The molecule has 1 aliphatic heterocycles. The van der Waals surface area contributed by atoms with Gasteiger partial charge in [0.25, 0.3) is 5.91 Å². The Bertz CT molecular complexity index is 1370. The lowest BCUT2D eigenvalue weighted by molar-refractivity contribution is -0.0801. The molecule has 6 atom stereocenters. The summed E-state index contributed by atoms with van der Waals surface area (Å²) in [6.07, 6.45) is -5.49. The molecule has 1 unspecified atom stereocenters. The van der Waals surface area contributed by atoms with E-state index < -0.39 is 50.0 Å². The normalized spacial score (nSPS) is 23.4. The van der Waals surface area contributed by atoms with Crippen LogP contribution in [0.1, 0.15) is 30.4 Å². The van der Waals surface area contributed by atoms with Crippen LogP contribution in [0, 0.1) is 5.92 Å². The Kier molecular flexibility index (Phi) is 8.59. The molecule has 210 valence electrons. The van der Waals surface area contributed by atoms with Crippen molar-refractivity contribution in [3.05, 3.63) is 48.5 Å². The molecule has 0 saturated carbocycles. The van der Waals surface area contributed by atoms with Crippen LogP contribution in [0.15, 0.2) is 43.0 Å². The molecule has 0 bridgehead atoms. The van der Waals surface area contributed by atoms with Crippen LogP contribution < -0.4 is 5.32 Å². The van der Waals surface area contributed by atoms with Crippen LogP contribution in [-0.2, 0) is 23.3 Å². The topological polar surface area (TPSA) is 204 Å². The van der Waals surface area contributed by atoms with Crippen LogP contribution in [0.3, 0.4) is 0 Å². The molecule has 15 nitrogen and oxygen atoms in total. The number of hydrogen-bond donors (Lipinski definition) is 4. The predicted octanol–water partition coefficient (Wildman–Crippen LogP) is 1.66. The highest BCUT2D eigenvalue weighted by molar-refractivity contribution is 7.53. The van der Waals surface area contributed by atoms with Crippen LogP contribution in [0.2, 0.25) is 0 Å². The first-order valence-corrected chi connectivity index (χ1v) is 13.4. The third-order valence-corrected chi connectivity index (χ3v) is 7.36. The lowest BCUT2D eigenvalue weighted by atomic mass is 10.1. The number of aromatic nitrogens is 4. The van der Waals surface area contributed by atoms with E-state index in [1.807, 2.05) is 0 Å². The quantitative estimate of drug-likeness (QED) is 0.215. The number of aliphatic hydroxyl groups is 2. The zero-order valence-electron chi connectivity index (χ0n) is 21.1. The molecule has 1 aliphatic rings. The van der Waals surface area contributed by atoms with Crippen LogP contribution in [0.25, 0.3) is 11.2 Å². The summed E-state index contributed by atoms with van der Waals surface area (Å²) in [5.41, 5.74) is 0.636. The first-order chi connectivity index (χ1) is 18.5. The molecule has 0 spiro atoms. The fraction of sp³-hybridized carbons (Fsp3) is 0.435. The Hall–Kier alpha value is -3.46. The van der Waals surface area contributed by atoms with E-state index in [2.05, 4.69) is 24.8 Å². The number of amides is 1. The van der Waals surface area contributed by atoms with Gasteiger partial charge in [0.2, 0.25) is 5.85 Å². The molecule has 1 amide bonds. The van der Waals surface area contributed by atoms with Gasteiger partial charge in [-0.25, -0.2) is 19.7 Å². The number of carbonyl (C=O) groups is 2. The zero-order chi connectivity index (χ0) is 28.3. The second-order valence-electron chi connectivity index (χ2n) is 9.05. The molecule has 1 aromatic carbocycles. The molecular formula is C23H28N5O10P. The van der Waals surface area contributed by atoms with Crippen molar-refractivity contribution in [3.63, 3.8) is 0 Å². The summed E-state index contributed by atoms with van der Waals surface area (Å²) >= 11 is 0. The Balaban J connectivity index is 1.60. The SMILES string of the molecule is COP(=O)(O)[C@H](OC(=O)OCC(C)C)[C@H]1O[C@@H](n2cnc3c(NC(=O)c4ccccc4)ncnc32)[C@H](O)[C@@H]1O. The third-order valence-electron chi connectivity index (χ3n) is 5.79. The first kappa shape index (κ1) is 28.5. The Morgan fingerprint density at radius 1 is 1.15 bits per heavy atom. The Morgan fingerprint density at radius 2 is 1.87 bits per heavy atom. The van der Waals surface area contributed by atoms with E-state index in [0.29, 0.717) is 5.56 Å². The van der Waals surface area contributed by atoms with Crippen molar-refractivity contribution in [2.24, 2.45) is 5.92 Å². The molecule has 0 radical (unpaired) electrons. The first-order valence-electron chi connectivity index (χ1n) is 11.8. The van der Waals surface area contributed by atoms with Crippen molar-refractivity contribution in [1.29, 1.82) is 0 Å².